The molecule has 0 N–H and O–H groups in total. The van der Waals surface area contributed by atoms with Crippen LogP contribution in [0.15, 0.2) is 28.8 Å². The Morgan fingerprint density at radius 3 is 2.65 bits per heavy atom. The van der Waals surface area contributed by atoms with E-state index in [-0.39, 0.29) is 30.0 Å². The van der Waals surface area contributed by atoms with Gasteiger partial charge in [-0.15, -0.1) is 0 Å². The molecule has 4 rings (SSSR count). The van der Waals surface area contributed by atoms with Gasteiger partial charge in [0.2, 0.25) is 5.91 Å². The van der Waals surface area contributed by atoms with Gasteiger partial charge in [0, 0.05) is 68.9 Å². The summed E-state index contributed by atoms with van der Waals surface area (Å²) < 4.78 is 11.2. The van der Waals surface area contributed by atoms with Crippen LogP contribution in [0.1, 0.15) is 36.7 Å². The molecule has 0 bridgehead atoms. The summed E-state index contributed by atoms with van der Waals surface area (Å²) in [5.74, 6) is 0.154. The highest BCUT2D eigenvalue weighted by atomic mass is 35.5. The fourth-order valence-corrected chi connectivity index (χ4v) is 4.87. The average molecular weight is 509 g/mol. The van der Waals surface area contributed by atoms with Crippen LogP contribution in [-0.4, -0.2) is 90.2 Å². The predicted molar refractivity (Wildman–Crippen MR) is 130 cm³/mol. The van der Waals surface area contributed by atoms with Gasteiger partial charge in [-0.05, 0) is 37.6 Å². The average Bonchev–Trinajstić information content (AvgIpc) is 3.53. The minimum atomic E-state index is -0.292. The Balaban J connectivity index is 1.43. The van der Waals surface area contributed by atoms with Gasteiger partial charge in [-0.25, -0.2) is 0 Å². The largest absolute Gasteiger partial charge is 0.376 e. The van der Waals surface area contributed by atoms with Crippen molar-refractivity contribution >= 4 is 35.0 Å². The molecule has 0 unspecified atom stereocenters. The summed E-state index contributed by atoms with van der Waals surface area (Å²) in [6.45, 7) is 7.74. The monoisotopic (exact) mass is 508 g/mol. The number of hydrogen-bond donors (Lipinski definition) is 0. The molecular weight excluding hydrogens is 479 g/mol. The highest BCUT2D eigenvalue weighted by Crippen LogP contribution is 2.31. The minimum Gasteiger partial charge on any atom is -0.376 e. The van der Waals surface area contributed by atoms with Crippen LogP contribution in [0.2, 0.25) is 10.0 Å². The second kappa shape index (κ2) is 11.5. The maximum absolute atomic E-state index is 13.3. The van der Waals surface area contributed by atoms with Gasteiger partial charge in [0.25, 0.3) is 5.91 Å². The van der Waals surface area contributed by atoms with Crippen molar-refractivity contribution in [1.82, 2.24) is 19.9 Å². The Bertz CT molecular complexity index is 1000. The van der Waals surface area contributed by atoms with Gasteiger partial charge in [0.15, 0.2) is 11.5 Å². The van der Waals surface area contributed by atoms with Crippen LogP contribution in [0.5, 0.6) is 0 Å². The predicted octanol–water partition coefficient (Wildman–Crippen LogP) is 3.82. The number of aromatic nitrogens is 1. The first-order chi connectivity index (χ1) is 16.4. The fourth-order valence-electron chi connectivity index (χ4n) is 4.37. The maximum Gasteiger partial charge on any atom is 0.276 e. The Morgan fingerprint density at radius 1 is 1.18 bits per heavy atom. The van der Waals surface area contributed by atoms with E-state index in [1.165, 1.54) is 0 Å². The van der Waals surface area contributed by atoms with Gasteiger partial charge in [-0.3, -0.25) is 9.59 Å². The van der Waals surface area contributed by atoms with E-state index in [9.17, 15) is 9.59 Å². The summed E-state index contributed by atoms with van der Waals surface area (Å²) in [7, 11) is 0. The van der Waals surface area contributed by atoms with Crippen molar-refractivity contribution in [2.24, 2.45) is 0 Å². The maximum atomic E-state index is 13.3. The van der Waals surface area contributed by atoms with Crippen molar-refractivity contribution in [3.05, 3.63) is 40.0 Å². The third kappa shape index (κ3) is 6.10. The second-order valence-electron chi connectivity index (χ2n) is 8.65. The lowest BCUT2D eigenvalue weighted by Crippen LogP contribution is -2.49. The molecule has 0 aliphatic carbocycles. The van der Waals surface area contributed by atoms with Crippen molar-refractivity contribution in [1.29, 1.82) is 0 Å². The SMILES string of the molecule is CCN1CCN(C(=O)CCN(C[C@H]2CCCO2)C(=O)c2cc(-c3ccc(Cl)cc3Cl)on2)CC1. The molecule has 3 heterocycles. The summed E-state index contributed by atoms with van der Waals surface area (Å²) >= 11 is 12.3. The lowest BCUT2D eigenvalue weighted by molar-refractivity contribution is -0.133. The van der Waals surface area contributed by atoms with E-state index in [4.69, 9.17) is 32.5 Å². The van der Waals surface area contributed by atoms with Crippen molar-refractivity contribution < 1.29 is 18.8 Å². The zero-order valence-electron chi connectivity index (χ0n) is 19.3. The van der Waals surface area contributed by atoms with E-state index in [2.05, 4.69) is 17.0 Å². The lowest BCUT2D eigenvalue weighted by Gasteiger charge is -2.34. The number of halogens is 2. The minimum absolute atomic E-state index is 0.0377. The number of rotatable bonds is 8. The Hall–Kier alpha value is -2.13. The molecule has 2 fully saturated rings. The van der Waals surface area contributed by atoms with Gasteiger partial charge in [0.1, 0.15) is 0 Å². The van der Waals surface area contributed by atoms with Crippen LogP contribution >= 0.6 is 23.2 Å². The Labute approximate surface area is 209 Å². The molecule has 0 radical (unpaired) electrons. The summed E-state index contributed by atoms with van der Waals surface area (Å²) in [6, 6.07) is 6.60. The number of nitrogens with zero attached hydrogens (tertiary/aromatic N) is 4. The number of hydrogen-bond acceptors (Lipinski definition) is 6. The van der Waals surface area contributed by atoms with Crippen molar-refractivity contribution in [2.45, 2.75) is 32.3 Å². The van der Waals surface area contributed by atoms with Crippen LogP contribution in [0.25, 0.3) is 11.3 Å². The van der Waals surface area contributed by atoms with E-state index < -0.39 is 0 Å². The Morgan fingerprint density at radius 2 is 1.97 bits per heavy atom. The van der Waals surface area contributed by atoms with Gasteiger partial charge in [-0.2, -0.15) is 0 Å². The summed E-state index contributed by atoms with van der Waals surface area (Å²) in [5, 5.41) is 4.90. The zero-order chi connectivity index (χ0) is 24.1. The van der Waals surface area contributed by atoms with Crippen molar-refractivity contribution in [3.8, 4) is 11.3 Å². The smallest absolute Gasteiger partial charge is 0.276 e. The second-order valence-corrected chi connectivity index (χ2v) is 9.50. The first kappa shape index (κ1) is 25.0. The number of likely N-dealkylation sites (N-methyl/N-ethyl adjacent to an activating group) is 1. The van der Waals surface area contributed by atoms with Gasteiger partial charge < -0.3 is 24.0 Å². The van der Waals surface area contributed by atoms with E-state index in [1.807, 2.05) is 4.90 Å². The summed E-state index contributed by atoms with van der Waals surface area (Å²) in [5.41, 5.74) is 0.771. The molecule has 34 heavy (non-hydrogen) atoms. The standard InChI is InChI=1S/C24H30Cl2N4O4/c1-2-28-9-11-29(12-10-28)23(31)7-8-30(16-18-4-3-13-33-18)24(32)21-15-22(34-27-21)19-6-5-17(25)14-20(19)26/h5-6,14-15,18H,2-4,7-13,16H2,1H3/t18-/m1/s1. The topological polar surface area (TPSA) is 79.1 Å². The molecule has 10 heteroatoms. The normalized spacial score (nSPS) is 18.9. The van der Waals surface area contributed by atoms with Gasteiger partial charge in [0.05, 0.1) is 11.1 Å². The first-order valence-corrected chi connectivity index (χ1v) is 12.5. The molecule has 0 saturated carbocycles. The van der Waals surface area contributed by atoms with Crippen molar-refractivity contribution in [2.75, 3.05) is 52.4 Å². The van der Waals surface area contributed by atoms with Crippen LogP contribution in [-0.2, 0) is 9.53 Å². The van der Waals surface area contributed by atoms with E-state index in [0.717, 1.165) is 45.6 Å². The van der Waals surface area contributed by atoms with Crippen LogP contribution < -0.4 is 0 Å². The highest BCUT2D eigenvalue weighted by molar-refractivity contribution is 6.36. The summed E-state index contributed by atoms with van der Waals surface area (Å²) in [4.78, 5) is 32.0. The van der Waals surface area contributed by atoms with Gasteiger partial charge >= 0.3 is 0 Å². The molecule has 1 aromatic heterocycles. The van der Waals surface area contributed by atoms with E-state index in [1.54, 1.807) is 29.2 Å². The number of amides is 2. The first-order valence-electron chi connectivity index (χ1n) is 11.8. The summed E-state index contributed by atoms with van der Waals surface area (Å²) in [6.07, 6.45) is 2.08. The van der Waals surface area contributed by atoms with Crippen LogP contribution in [0.4, 0.5) is 0 Å². The molecule has 2 aliphatic rings. The lowest BCUT2D eigenvalue weighted by atomic mass is 10.1. The van der Waals surface area contributed by atoms with E-state index in [0.29, 0.717) is 41.1 Å². The van der Waals surface area contributed by atoms with E-state index >= 15 is 0 Å². The molecule has 1 atom stereocenters. The molecular formula is C24H30Cl2N4O4. The number of benzene rings is 1. The molecule has 2 amide bonds. The third-order valence-electron chi connectivity index (χ3n) is 6.43. The quantitative estimate of drug-likeness (QED) is 0.539. The number of piperazine rings is 1. The molecule has 2 aliphatic heterocycles. The molecule has 2 aromatic rings. The molecule has 2 saturated heterocycles. The molecule has 184 valence electrons. The highest BCUT2D eigenvalue weighted by Gasteiger charge is 2.28. The third-order valence-corrected chi connectivity index (χ3v) is 6.98. The Kier molecular flexibility index (Phi) is 8.47. The number of carbonyl (C=O) groups is 2. The van der Waals surface area contributed by atoms with Crippen molar-refractivity contribution in [3.63, 3.8) is 0 Å². The van der Waals surface area contributed by atoms with Crippen LogP contribution in [0, 0.1) is 0 Å². The number of ether oxygens (including phenoxy) is 1. The zero-order valence-corrected chi connectivity index (χ0v) is 20.9. The van der Waals surface area contributed by atoms with Gasteiger partial charge in [-0.1, -0.05) is 35.3 Å². The van der Waals surface area contributed by atoms with Crippen LogP contribution in [0.3, 0.4) is 0 Å². The molecule has 8 nitrogen and oxygen atoms in total. The molecule has 1 aromatic carbocycles. The molecule has 0 spiro atoms. The number of carbonyl (C=O) groups excluding carboxylic acids is 2. The fraction of sp³-hybridized carbons (Fsp3) is 0.542.